The Morgan fingerprint density at radius 1 is 1.04 bits per heavy atom. The van der Waals surface area contributed by atoms with Gasteiger partial charge >= 0.3 is 11.6 Å². The molecule has 2 heterocycles. The van der Waals surface area contributed by atoms with Crippen LogP contribution in [-0.2, 0) is 23.1 Å². The molecular weight excluding hydrogens is 338 g/mol. The number of aromatic nitrogens is 3. The maximum atomic E-state index is 12.9. The molecule has 0 radical (unpaired) electrons. The van der Waals surface area contributed by atoms with Gasteiger partial charge in [-0.2, -0.15) is 10.2 Å². The molecule has 1 aliphatic heterocycles. The van der Waals surface area contributed by atoms with Gasteiger partial charge in [-0.15, -0.1) is 0 Å². The zero-order chi connectivity index (χ0) is 19.0. The van der Waals surface area contributed by atoms with E-state index in [0.717, 1.165) is 26.2 Å². The summed E-state index contributed by atoms with van der Waals surface area (Å²) in [6.07, 6.45) is 2.00. The zero-order valence-corrected chi connectivity index (χ0v) is 14.5. The molecule has 1 aromatic heterocycles. The van der Waals surface area contributed by atoms with Crippen LogP contribution in [0.5, 0.6) is 0 Å². The number of ketones is 1. The fourth-order valence-corrected chi connectivity index (χ4v) is 2.67. The van der Waals surface area contributed by atoms with Gasteiger partial charge in [0, 0.05) is 20.3 Å². The maximum Gasteiger partial charge on any atom is 0.351 e. The number of carbonyl (C=O) groups is 2. The number of aryl methyl sites for hydroxylation is 2. The van der Waals surface area contributed by atoms with E-state index in [0.29, 0.717) is 5.69 Å². The second-order valence-corrected chi connectivity index (χ2v) is 5.89. The van der Waals surface area contributed by atoms with Crippen LogP contribution in [-0.4, -0.2) is 44.3 Å². The van der Waals surface area contributed by atoms with Crippen LogP contribution >= 0.6 is 0 Å². The lowest BCUT2D eigenvalue weighted by Gasteiger charge is -2.20. The second-order valence-electron chi connectivity index (χ2n) is 5.89. The molecule has 1 aromatic carbocycles. The zero-order valence-electron chi connectivity index (χ0n) is 14.5. The lowest BCUT2D eigenvalue weighted by molar-refractivity contribution is -0.144. The summed E-state index contributed by atoms with van der Waals surface area (Å²) < 4.78 is 1.90. The number of benzene rings is 1. The summed E-state index contributed by atoms with van der Waals surface area (Å²) in [6, 6.07) is 6.93. The van der Waals surface area contributed by atoms with Crippen molar-refractivity contribution in [1.29, 1.82) is 0 Å². The largest absolute Gasteiger partial charge is 0.351 e. The van der Waals surface area contributed by atoms with Crippen LogP contribution in [0.25, 0.3) is 5.69 Å². The van der Waals surface area contributed by atoms with Gasteiger partial charge in [-0.3, -0.25) is 14.4 Å². The van der Waals surface area contributed by atoms with E-state index in [-0.39, 0.29) is 5.69 Å². The highest BCUT2D eigenvalue weighted by atomic mass is 16.2. The monoisotopic (exact) mass is 355 g/mol. The van der Waals surface area contributed by atoms with Crippen LogP contribution in [0.2, 0.25) is 0 Å². The minimum atomic E-state index is -1.22. The van der Waals surface area contributed by atoms with Crippen molar-refractivity contribution in [2.45, 2.75) is 19.3 Å². The molecule has 0 fully saturated rings. The van der Waals surface area contributed by atoms with Gasteiger partial charge in [0.05, 0.1) is 5.69 Å². The number of nitrogens with zero attached hydrogens (tertiary/aromatic N) is 5. The molecule has 1 atom stereocenters. The van der Waals surface area contributed by atoms with Crippen molar-refractivity contribution < 1.29 is 9.59 Å². The topological polar surface area (TPSA) is 107 Å². The molecular formula is C17H17N5O4. The van der Waals surface area contributed by atoms with E-state index in [1.165, 1.54) is 20.3 Å². The summed E-state index contributed by atoms with van der Waals surface area (Å²) in [4.78, 5) is 49.4. The standard InChI is InChI=1S/C17H17N5O4/c1-4-10-5-7-11(8-6-10)22-15(24)13(19-21(3)17(22)26)12-9-18-20(2)16(25)14(12)23/h5-9,12H,4H2,1-3H3. The van der Waals surface area contributed by atoms with E-state index < -0.39 is 28.9 Å². The molecule has 1 unspecified atom stereocenters. The predicted octanol–water partition coefficient (Wildman–Crippen LogP) is -0.396. The van der Waals surface area contributed by atoms with Gasteiger partial charge in [-0.25, -0.2) is 19.1 Å². The molecule has 0 bridgehead atoms. The number of rotatable bonds is 3. The Balaban J connectivity index is 2.21. The smallest absolute Gasteiger partial charge is 0.287 e. The first-order valence-corrected chi connectivity index (χ1v) is 8.00. The second kappa shape index (κ2) is 6.51. The lowest BCUT2D eigenvalue weighted by atomic mass is 10.00. The Morgan fingerprint density at radius 3 is 2.31 bits per heavy atom. The molecule has 1 amide bonds. The Morgan fingerprint density at radius 2 is 1.69 bits per heavy atom. The van der Waals surface area contributed by atoms with Gasteiger partial charge in [0.25, 0.3) is 5.56 Å². The Labute approximate surface area is 148 Å². The average Bonchev–Trinajstić information content (AvgIpc) is 2.64. The Bertz CT molecular complexity index is 1030. The molecule has 1 aliphatic rings. The summed E-state index contributed by atoms with van der Waals surface area (Å²) in [6.45, 7) is 1.99. The summed E-state index contributed by atoms with van der Waals surface area (Å²) >= 11 is 0. The summed E-state index contributed by atoms with van der Waals surface area (Å²) in [5.74, 6) is -2.89. The molecule has 0 N–H and O–H groups in total. The van der Waals surface area contributed by atoms with Crippen LogP contribution in [0.3, 0.4) is 0 Å². The van der Waals surface area contributed by atoms with Gasteiger partial charge in [0.15, 0.2) is 0 Å². The number of hydrazone groups is 1. The lowest BCUT2D eigenvalue weighted by Crippen LogP contribution is -2.46. The number of hydrogen-bond acceptors (Lipinski definition) is 6. The quantitative estimate of drug-likeness (QED) is 0.697. The molecule has 26 heavy (non-hydrogen) atoms. The van der Waals surface area contributed by atoms with Crippen LogP contribution in [0.15, 0.2) is 39.0 Å². The fraction of sp³-hybridized carbons (Fsp3) is 0.294. The predicted molar refractivity (Wildman–Crippen MR) is 93.5 cm³/mol. The van der Waals surface area contributed by atoms with Crippen molar-refractivity contribution in [3.05, 3.63) is 56.4 Å². The minimum Gasteiger partial charge on any atom is -0.287 e. The maximum absolute atomic E-state index is 12.9. The fourth-order valence-electron chi connectivity index (χ4n) is 2.67. The highest BCUT2D eigenvalue weighted by molar-refractivity contribution is 6.42. The van der Waals surface area contributed by atoms with Gasteiger partial charge in [-0.05, 0) is 24.1 Å². The minimum absolute atomic E-state index is 0.220. The summed E-state index contributed by atoms with van der Waals surface area (Å²) in [5, 5.41) is 8.61. The van der Waals surface area contributed by atoms with E-state index in [1.54, 1.807) is 12.1 Å². The van der Waals surface area contributed by atoms with Crippen LogP contribution in [0, 0.1) is 0 Å². The molecule has 0 spiro atoms. The SMILES string of the molecule is CCc1ccc(-n2c(=O)c(C3C=NN(C)C(=O)C3=O)nn(C)c2=O)cc1. The van der Waals surface area contributed by atoms with Gasteiger partial charge in [0.1, 0.15) is 11.6 Å². The third kappa shape index (κ3) is 2.77. The van der Waals surface area contributed by atoms with E-state index in [4.69, 9.17) is 0 Å². The van der Waals surface area contributed by atoms with Gasteiger partial charge < -0.3 is 0 Å². The molecule has 0 saturated heterocycles. The van der Waals surface area contributed by atoms with E-state index >= 15 is 0 Å². The first-order valence-electron chi connectivity index (χ1n) is 8.00. The van der Waals surface area contributed by atoms with E-state index in [1.807, 2.05) is 19.1 Å². The molecule has 2 aromatic rings. The van der Waals surface area contributed by atoms with Crippen molar-refractivity contribution in [2.75, 3.05) is 7.05 Å². The van der Waals surface area contributed by atoms with E-state index in [9.17, 15) is 19.2 Å². The molecule has 3 rings (SSSR count). The number of likely N-dealkylation sites (N-methyl/N-ethyl adjacent to an activating group) is 1. The highest BCUT2D eigenvalue weighted by Crippen LogP contribution is 2.15. The first kappa shape index (κ1) is 17.5. The number of carbonyl (C=O) groups excluding carboxylic acids is 2. The Hall–Kier alpha value is -3.36. The molecule has 0 aliphatic carbocycles. The first-order chi connectivity index (χ1) is 12.3. The van der Waals surface area contributed by atoms with Crippen LogP contribution in [0.4, 0.5) is 0 Å². The van der Waals surface area contributed by atoms with Crippen molar-refractivity contribution in [1.82, 2.24) is 19.4 Å². The van der Waals surface area contributed by atoms with Crippen molar-refractivity contribution in [3.8, 4) is 5.69 Å². The molecule has 9 nitrogen and oxygen atoms in total. The average molecular weight is 355 g/mol. The van der Waals surface area contributed by atoms with Crippen molar-refractivity contribution in [3.63, 3.8) is 0 Å². The third-order valence-corrected chi connectivity index (χ3v) is 4.22. The van der Waals surface area contributed by atoms with Gasteiger partial charge in [0.2, 0.25) is 5.78 Å². The molecule has 134 valence electrons. The third-order valence-electron chi connectivity index (χ3n) is 4.22. The number of hydrogen-bond donors (Lipinski definition) is 0. The van der Waals surface area contributed by atoms with E-state index in [2.05, 4.69) is 10.2 Å². The van der Waals surface area contributed by atoms with Crippen molar-refractivity contribution >= 4 is 17.9 Å². The highest BCUT2D eigenvalue weighted by Gasteiger charge is 2.35. The molecule has 0 saturated carbocycles. The summed E-state index contributed by atoms with van der Waals surface area (Å²) in [5.41, 5.74) is -0.204. The number of Topliss-reactive ketones (excluding diaryl/α,β-unsaturated/α-hetero) is 1. The summed E-state index contributed by atoms with van der Waals surface area (Å²) in [7, 11) is 2.72. The van der Waals surface area contributed by atoms with Crippen molar-refractivity contribution in [2.24, 2.45) is 12.1 Å². The molecule has 9 heteroatoms. The normalized spacial score (nSPS) is 17.0. The van der Waals surface area contributed by atoms with Gasteiger partial charge in [-0.1, -0.05) is 19.1 Å². The number of amides is 1. The van der Waals surface area contributed by atoms with Crippen LogP contribution < -0.4 is 11.2 Å². The van der Waals surface area contributed by atoms with Crippen LogP contribution in [0.1, 0.15) is 24.1 Å². The Kier molecular flexibility index (Phi) is 4.37.